The second kappa shape index (κ2) is 6.17. The van der Waals surface area contributed by atoms with Crippen LogP contribution in [0, 0.1) is 11.3 Å². The lowest BCUT2D eigenvalue weighted by molar-refractivity contribution is -0.0327. The molecule has 1 rings (SSSR count). The minimum absolute atomic E-state index is 0.0867. The lowest BCUT2D eigenvalue weighted by Gasteiger charge is -2.09. The summed E-state index contributed by atoms with van der Waals surface area (Å²) in [5.74, 6) is -0.0963. The maximum absolute atomic E-state index is 11.9. The van der Waals surface area contributed by atoms with Gasteiger partial charge in [-0.25, -0.2) is 0 Å². The number of anilines is 1. The Morgan fingerprint density at radius 1 is 1.41 bits per heavy atom. The Morgan fingerprint density at radius 2 is 2.12 bits per heavy atom. The van der Waals surface area contributed by atoms with Crippen LogP contribution < -0.4 is 5.32 Å². The van der Waals surface area contributed by atoms with Crippen LogP contribution in [0.5, 0.6) is 0 Å². The monoisotopic (exact) mass is 324 g/mol. The van der Waals surface area contributed by atoms with Crippen LogP contribution in [0.2, 0.25) is 0 Å². The van der Waals surface area contributed by atoms with Gasteiger partial charge >= 0.3 is 5.51 Å². The smallest absolute Gasteiger partial charge is 0.383 e. The predicted octanol–water partition coefficient (Wildman–Crippen LogP) is 3.99. The number of nitrogens with zero attached hydrogens (tertiary/aromatic N) is 1. The first-order valence-electron chi connectivity index (χ1n) is 4.57. The van der Waals surface area contributed by atoms with Crippen LogP contribution in [0.25, 0.3) is 0 Å². The summed E-state index contributed by atoms with van der Waals surface area (Å²) < 4.78 is 36.2. The summed E-state index contributed by atoms with van der Waals surface area (Å²) >= 11 is 3.11. The van der Waals surface area contributed by atoms with Gasteiger partial charge in [-0.3, -0.25) is 0 Å². The van der Waals surface area contributed by atoms with Gasteiger partial charge in [-0.1, -0.05) is 6.07 Å². The zero-order valence-corrected chi connectivity index (χ0v) is 10.9. The molecular weight excluding hydrogens is 317 g/mol. The predicted molar refractivity (Wildman–Crippen MR) is 65.9 cm³/mol. The van der Waals surface area contributed by atoms with E-state index in [1.165, 1.54) is 0 Å². The SMILES string of the molecule is N#Cc1c(Br)cccc1NCCSC(F)(F)F. The molecule has 0 aliphatic carbocycles. The van der Waals surface area contributed by atoms with Crippen molar-refractivity contribution in [2.75, 3.05) is 17.6 Å². The molecule has 0 fully saturated rings. The average molecular weight is 325 g/mol. The highest BCUT2D eigenvalue weighted by molar-refractivity contribution is 9.10. The van der Waals surface area contributed by atoms with E-state index in [0.717, 1.165) is 0 Å². The zero-order chi connectivity index (χ0) is 12.9. The highest BCUT2D eigenvalue weighted by atomic mass is 79.9. The molecule has 0 unspecified atom stereocenters. The van der Waals surface area contributed by atoms with Crippen molar-refractivity contribution < 1.29 is 13.2 Å². The molecule has 0 aliphatic heterocycles. The second-order valence-corrected chi connectivity index (χ2v) is 5.01. The van der Waals surface area contributed by atoms with Gasteiger partial charge in [0, 0.05) is 16.8 Å². The fraction of sp³-hybridized carbons (Fsp3) is 0.300. The van der Waals surface area contributed by atoms with Gasteiger partial charge in [-0.15, -0.1) is 0 Å². The summed E-state index contributed by atoms with van der Waals surface area (Å²) in [4.78, 5) is 0. The van der Waals surface area contributed by atoms with Gasteiger partial charge in [0.05, 0.1) is 11.3 Å². The molecular formula is C10H8BrF3N2S. The number of thioether (sulfide) groups is 1. The maximum Gasteiger partial charge on any atom is 0.441 e. The highest BCUT2D eigenvalue weighted by Crippen LogP contribution is 2.30. The second-order valence-electron chi connectivity index (χ2n) is 3.00. The van der Waals surface area contributed by atoms with E-state index in [1.807, 2.05) is 6.07 Å². The molecule has 17 heavy (non-hydrogen) atoms. The standard InChI is InChI=1S/C10H8BrF3N2S/c11-8-2-1-3-9(7(8)6-15)16-4-5-17-10(12,13)14/h1-3,16H,4-5H2. The molecule has 1 aromatic rings. The number of halogens is 4. The molecule has 0 heterocycles. The Bertz CT molecular complexity index is 429. The third-order valence-electron chi connectivity index (χ3n) is 1.81. The van der Waals surface area contributed by atoms with Crippen molar-refractivity contribution in [3.63, 3.8) is 0 Å². The van der Waals surface area contributed by atoms with Crippen molar-refractivity contribution in [1.29, 1.82) is 5.26 Å². The molecule has 92 valence electrons. The Kier molecular flexibility index (Phi) is 5.15. The molecule has 0 saturated carbocycles. The van der Waals surface area contributed by atoms with Gasteiger partial charge in [-0.05, 0) is 39.8 Å². The molecule has 0 aliphatic rings. The van der Waals surface area contributed by atoms with Crippen molar-refractivity contribution in [3.8, 4) is 6.07 Å². The topological polar surface area (TPSA) is 35.8 Å². The lowest BCUT2D eigenvalue weighted by atomic mass is 10.2. The summed E-state index contributed by atoms with van der Waals surface area (Å²) in [6.45, 7) is 0.148. The molecule has 0 amide bonds. The Labute approximate surface area is 109 Å². The average Bonchev–Trinajstić information content (AvgIpc) is 2.23. The molecule has 2 nitrogen and oxygen atoms in total. The number of alkyl halides is 3. The summed E-state index contributed by atoms with van der Waals surface area (Å²) in [6, 6.07) is 7.05. The van der Waals surface area contributed by atoms with Gasteiger partial charge in [0.25, 0.3) is 0 Å². The van der Waals surface area contributed by atoms with Crippen LogP contribution >= 0.6 is 27.7 Å². The molecule has 0 saturated heterocycles. The Morgan fingerprint density at radius 3 is 2.71 bits per heavy atom. The minimum atomic E-state index is -4.21. The summed E-state index contributed by atoms with van der Waals surface area (Å²) in [6.07, 6.45) is 0. The summed E-state index contributed by atoms with van der Waals surface area (Å²) in [5.41, 5.74) is -3.29. The van der Waals surface area contributed by atoms with E-state index in [-0.39, 0.29) is 24.1 Å². The van der Waals surface area contributed by atoms with Gasteiger partial charge in [0.1, 0.15) is 6.07 Å². The Balaban J connectivity index is 2.53. The van der Waals surface area contributed by atoms with Gasteiger partial charge in [0.2, 0.25) is 0 Å². The van der Waals surface area contributed by atoms with Gasteiger partial charge < -0.3 is 5.32 Å². The van der Waals surface area contributed by atoms with E-state index in [4.69, 9.17) is 5.26 Å². The van der Waals surface area contributed by atoms with E-state index < -0.39 is 5.51 Å². The number of nitriles is 1. The number of nitrogens with one attached hydrogen (secondary N) is 1. The first kappa shape index (κ1) is 14.2. The fourth-order valence-electron chi connectivity index (χ4n) is 1.14. The van der Waals surface area contributed by atoms with Crippen molar-refractivity contribution in [2.45, 2.75) is 5.51 Å². The minimum Gasteiger partial charge on any atom is -0.383 e. The van der Waals surface area contributed by atoms with Crippen molar-refractivity contribution in [3.05, 3.63) is 28.2 Å². The quantitative estimate of drug-likeness (QED) is 0.851. The summed E-state index contributed by atoms with van der Waals surface area (Å²) in [7, 11) is 0. The maximum atomic E-state index is 11.9. The molecule has 0 radical (unpaired) electrons. The normalized spacial score (nSPS) is 11.0. The molecule has 0 atom stereocenters. The van der Waals surface area contributed by atoms with Crippen LogP contribution in [-0.2, 0) is 0 Å². The molecule has 0 aromatic heterocycles. The molecule has 1 N–H and O–H groups in total. The van der Waals surface area contributed by atoms with E-state index in [1.54, 1.807) is 18.2 Å². The number of benzene rings is 1. The lowest BCUT2D eigenvalue weighted by Crippen LogP contribution is -2.10. The van der Waals surface area contributed by atoms with E-state index in [0.29, 0.717) is 15.7 Å². The molecule has 0 bridgehead atoms. The number of rotatable bonds is 4. The van der Waals surface area contributed by atoms with Crippen molar-refractivity contribution in [1.82, 2.24) is 0 Å². The van der Waals surface area contributed by atoms with E-state index >= 15 is 0 Å². The third-order valence-corrected chi connectivity index (χ3v) is 3.21. The van der Waals surface area contributed by atoms with Crippen molar-refractivity contribution >= 4 is 33.4 Å². The van der Waals surface area contributed by atoms with Crippen LogP contribution in [0.15, 0.2) is 22.7 Å². The molecule has 1 aromatic carbocycles. The van der Waals surface area contributed by atoms with Gasteiger partial charge in [0.15, 0.2) is 0 Å². The van der Waals surface area contributed by atoms with Crippen LogP contribution in [0.1, 0.15) is 5.56 Å². The van der Waals surface area contributed by atoms with Crippen LogP contribution in [0.3, 0.4) is 0 Å². The third kappa shape index (κ3) is 4.88. The molecule has 0 spiro atoms. The van der Waals surface area contributed by atoms with E-state index in [9.17, 15) is 13.2 Å². The van der Waals surface area contributed by atoms with Crippen LogP contribution in [-0.4, -0.2) is 17.8 Å². The number of hydrogen-bond acceptors (Lipinski definition) is 3. The zero-order valence-electron chi connectivity index (χ0n) is 8.51. The van der Waals surface area contributed by atoms with Crippen molar-refractivity contribution in [2.24, 2.45) is 0 Å². The van der Waals surface area contributed by atoms with Crippen LogP contribution in [0.4, 0.5) is 18.9 Å². The fourth-order valence-corrected chi connectivity index (χ4v) is 2.03. The molecule has 7 heteroatoms. The summed E-state index contributed by atoms with van der Waals surface area (Å²) in [5, 5.41) is 11.7. The Hall–Kier alpha value is -0.870. The number of hydrogen-bond donors (Lipinski definition) is 1. The largest absolute Gasteiger partial charge is 0.441 e. The first-order valence-corrected chi connectivity index (χ1v) is 6.35. The highest BCUT2D eigenvalue weighted by Gasteiger charge is 2.27. The first-order chi connectivity index (χ1) is 7.94. The van der Waals surface area contributed by atoms with E-state index in [2.05, 4.69) is 21.2 Å². The van der Waals surface area contributed by atoms with Gasteiger partial charge in [-0.2, -0.15) is 18.4 Å².